The van der Waals surface area contributed by atoms with Crippen LogP contribution in [0.3, 0.4) is 0 Å². The molecule has 2 aromatic heterocycles. The van der Waals surface area contributed by atoms with Crippen molar-refractivity contribution in [2.75, 3.05) is 0 Å². The zero-order valence-corrected chi connectivity index (χ0v) is 29.4. The third-order valence-corrected chi connectivity index (χ3v) is 12.3. The first-order valence-corrected chi connectivity index (χ1v) is 18.5. The highest BCUT2D eigenvalue weighted by atomic mass is 32.1. The van der Waals surface area contributed by atoms with Crippen LogP contribution in [0, 0.1) is 0 Å². The van der Waals surface area contributed by atoms with Crippen LogP contribution >= 0.6 is 11.3 Å². The van der Waals surface area contributed by atoms with Crippen molar-refractivity contribution < 1.29 is 0 Å². The summed E-state index contributed by atoms with van der Waals surface area (Å²) in [4.78, 5) is 2.79. The van der Waals surface area contributed by atoms with Gasteiger partial charge in [0.25, 0.3) is 0 Å². The van der Waals surface area contributed by atoms with Gasteiger partial charge in [-0.1, -0.05) is 159 Å². The van der Waals surface area contributed by atoms with Gasteiger partial charge in [0.2, 0.25) is 0 Å². The van der Waals surface area contributed by atoms with E-state index in [2.05, 4.69) is 194 Å². The minimum absolute atomic E-state index is 0.141. The number of hydrogen-bond acceptors (Lipinski definition) is 1. The normalized spacial score (nSPS) is 13.1. The van der Waals surface area contributed by atoms with E-state index in [0.29, 0.717) is 0 Å². The van der Waals surface area contributed by atoms with Gasteiger partial charge in [0.05, 0.1) is 16.7 Å². The fourth-order valence-electron chi connectivity index (χ4n) is 8.33. The summed E-state index contributed by atoms with van der Waals surface area (Å²) in [5.41, 5.74) is 16.4. The molecule has 1 aliphatic carbocycles. The average molecular weight is 670 g/mol. The van der Waals surface area contributed by atoms with Gasteiger partial charge >= 0.3 is 0 Å². The molecule has 51 heavy (non-hydrogen) atoms. The lowest BCUT2D eigenvalue weighted by atomic mass is 9.85. The van der Waals surface area contributed by atoms with Gasteiger partial charge in [-0.2, -0.15) is 0 Å². The van der Waals surface area contributed by atoms with E-state index in [-0.39, 0.29) is 5.41 Å². The van der Waals surface area contributed by atoms with E-state index < -0.39 is 0 Å². The maximum atomic E-state index is 2.47. The topological polar surface area (TPSA) is 4.93 Å². The summed E-state index contributed by atoms with van der Waals surface area (Å²) in [5, 5.41) is 2.53. The number of fused-ring (bicyclic) bond motifs is 6. The van der Waals surface area contributed by atoms with Gasteiger partial charge in [-0.15, -0.1) is 11.3 Å². The van der Waals surface area contributed by atoms with Crippen molar-refractivity contribution in [1.82, 2.24) is 4.57 Å². The van der Waals surface area contributed by atoms with Gasteiger partial charge in [0.1, 0.15) is 0 Å². The number of rotatable bonds is 5. The molecule has 9 aromatic rings. The molecule has 242 valence electrons. The lowest BCUT2D eigenvalue weighted by Gasteiger charge is -2.22. The van der Waals surface area contributed by atoms with Crippen molar-refractivity contribution in [3.05, 3.63) is 186 Å². The van der Waals surface area contributed by atoms with Crippen LogP contribution in [0.15, 0.2) is 176 Å². The predicted molar refractivity (Wildman–Crippen MR) is 218 cm³/mol. The minimum atomic E-state index is -0.141. The van der Waals surface area contributed by atoms with Crippen LogP contribution in [0.25, 0.3) is 82.4 Å². The van der Waals surface area contributed by atoms with E-state index >= 15 is 0 Å². The molecule has 0 amide bonds. The predicted octanol–water partition coefficient (Wildman–Crippen LogP) is 13.8. The van der Waals surface area contributed by atoms with Gasteiger partial charge in [0.15, 0.2) is 0 Å². The summed E-state index contributed by atoms with van der Waals surface area (Å²) in [6.07, 6.45) is 0. The van der Waals surface area contributed by atoms with Gasteiger partial charge in [0, 0.05) is 42.6 Å². The fourth-order valence-corrected chi connectivity index (χ4v) is 9.79. The zero-order chi connectivity index (χ0) is 34.1. The molecular formula is C49H35NS. The van der Waals surface area contributed by atoms with Crippen LogP contribution in [-0.4, -0.2) is 4.57 Å². The summed E-state index contributed by atoms with van der Waals surface area (Å²) < 4.78 is 2.46. The zero-order valence-electron chi connectivity index (χ0n) is 28.6. The minimum Gasteiger partial charge on any atom is -0.309 e. The summed E-state index contributed by atoms with van der Waals surface area (Å²) in [5.74, 6) is 0. The Morgan fingerprint density at radius 1 is 0.431 bits per heavy atom. The molecule has 0 spiro atoms. The number of nitrogens with zero attached hydrogens (tertiary/aromatic N) is 1. The van der Waals surface area contributed by atoms with E-state index in [1.807, 2.05) is 11.3 Å². The molecule has 0 saturated heterocycles. The summed E-state index contributed by atoms with van der Waals surface area (Å²) in [7, 11) is 0. The van der Waals surface area contributed by atoms with E-state index in [1.54, 1.807) is 0 Å². The van der Waals surface area contributed by atoms with Gasteiger partial charge in [-0.25, -0.2) is 0 Å². The highest BCUT2D eigenvalue weighted by Gasteiger charge is 2.41. The van der Waals surface area contributed by atoms with Crippen LogP contribution in [-0.2, 0) is 5.41 Å². The molecule has 0 aliphatic heterocycles. The Kier molecular flexibility index (Phi) is 6.78. The highest BCUT2D eigenvalue weighted by molar-refractivity contribution is 7.17. The molecule has 1 nitrogen and oxygen atoms in total. The highest BCUT2D eigenvalue weighted by Crippen LogP contribution is 2.59. The summed E-state index contributed by atoms with van der Waals surface area (Å²) in [6.45, 7) is 4.81. The Hall–Kier alpha value is -5.96. The smallest absolute Gasteiger partial charge is 0.0541 e. The molecular weight excluding hydrogens is 635 g/mol. The van der Waals surface area contributed by atoms with E-state index in [9.17, 15) is 0 Å². The average Bonchev–Trinajstić information content (AvgIpc) is 3.82. The molecule has 0 saturated carbocycles. The lowest BCUT2D eigenvalue weighted by molar-refractivity contribution is 0.674. The van der Waals surface area contributed by atoms with Crippen molar-refractivity contribution in [3.8, 4) is 60.6 Å². The van der Waals surface area contributed by atoms with Gasteiger partial charge in [-0.3, -0.25) is 0 Å². The molecule has 0 fully saturated rings. The van der Waals surface area contributed by atoms with Crippen LogP contribution in [0.1, 0.15) is 24.3 Å². The van der Waals surface area contributed by atoms with E-state index in [4.69, 9.17) is 0 Å². The Balaban J connectivity index is 1.16. The maximum Gasteiger partial charge on any atom is 0.0541 e. The second kappa shape index (κ2) is 11.6. The standard InChI is InChI=1S/C49H35NS/c1-49(2)41-31-36(26-28-39(41)46-45(33-18-8-4-9-19-33)47(51-48(46)49)34-20-10-5-11-21-34)37-22-12-14-24-42(37)50-43-25-15-13-23-38(43)40-30-35(27-29-44(40)50)32-16-6-3-7-17-32/h3-31H,1-2H3. The van der Waals surface area contributed by atoms with Crippen LogP contribution < -0.4 is 0 Å². The molecule has 1 aliphatic rings. The number of para-hydroxylation sites is 2. The SMILES string of the molecule is CC1(C)c2cc(-c3ccccc3-n3c4ccccc4c4cc(-c5ccccc5)ccc43)ccc2-c2c1sc(-c1ccccc1)c2-c1ccccc1. The van der Waals surface area contributed by atoms with Crippen LogP contribution in [0.4, 0.5) is 0 Å². The molecule has 10 rings (SSSR count). The molecule has 2 heteroatoms. The van der Waals surface area contributed by atoms with Crippen LogP contribution in [0.2, 0.25) is 0 Å². The Morgan fingerprint density at radius 3 is 1.80 bits per heavy atom. The van der Waals surface area contributed by atoms with Gasteiger partial charge < -0.3 is 4.57 Å². The Bertz CT molecular complexity index is 2750. The number of thiophene rings is 1. The van der Waals surface area contributed by atoms with Crippen molar-refractivity contribution in [3.63, 3.8) is 0 Å². The Labute approximate surface area is 302 Å². The first-order valence-electron chi connectivity index (χ1n) is 17.7. The van der Waals surface area contributed by atoms with Crippen molar-refractivity contribution in [1.29, 1.82) is 0 Å². The van der Waals surface area contributed by atoms with Crippen molar-refractivity contribution in [2.24, 2.45) is 0 Å². The summed E-state index contributed by atoms with van der Waals surface area (Å²) in [6, 6.07) is 64.4. The van der Waals surface area contributed by atoms with Crippen molar-refractivity contribution in [2.45, 2.75) is 19.3 Å². The molecule has 0 unspecified atom stereocenters. The van der Waals surface area contributed by atoms with Gasteiger partial charge in [-0.05, 0) is 69.3 Å². The molecule has 0 radical (unpaired) electrons. The van der Waals surface area contributed by atoms with E-state index in [0.717, 1.165) is 0 Å². The molecule has 0 bridgehead atoms. The number of aromatic nitrogens is 1. The van der Waals surface area contributed by atoms with Crippen molar-refractivity contribution >= 4 is 33.1 Å². The first-order chi connectivity index (χ1) is 25.1. The fraction of sp³-hybridized carbons (Fsp3) is 0.0612. The molecule has 7 aromatic carbocycles. The van der Waals surface area contributed by atoms with E-state index in [1.165, 1.54) is 92.9 Å². The second-order valence-electron chi connectivity index (χ2n) is 14.1. The Morgan fingerprint density at radius 2 is 1.04 bits per heavy atom. The quantitative estimate of drug-likeness (QED) is 0.172. The second-order valence-corrected chi connectivity index (χ2v) is 15.1. The lowest BCUT2D eigenvalue weighted by Crippen LogP contribution is -2.13. The maximum absolute atomic E-state index is 2.47. The first kappa shape index (κ1) is 29.9. The summed E-state index contributed by atoms with van der Waals surface area (Å²) >= 11 is 1.96. The third kappa shape index (κ3) is 4.60. The molecule has 2 heterocycles. The largest absolute Gasteiger partial charge is 0.309 e. The molecule has 0 atom stereocenters. The molecule has 0 N–H and O–H groups in total. The monoisotopic (exact) mass is 669 g/mol. The number of hydrogen-bond donors (Lipinski definition) is 0. The number of benzene rings is 7. The van der Waals surface area contributed by atoms with Crippen LogP contribution in [0.5, 0.6) is 0 Å². The third-order valence-electron chi connectivity index (χ3n) is 10.8.